The van der Waals surface area contributed by atoms with Crippen molar-refractivity contribution in [2.24, 2.45) is 0 Å². The number of alkyl halides is 1. The van der Waals surface area contributed by atoms with E-state index in [2.05, 4.69) is 4.74 Å². The van der Waals surface area contributed by atoms with Gasteiger partial charge in [-0.2, -0.15) is 0 Å². The summed E-state index contributed by atoms with van der Waals surface area (Å²) >= 11 is 7.44. The Bertz CT molecular complexity index is 364. The highest BCUT2D eigenvalue weighted by atomic mass is 35.5. The van der Waals surface area contributed by atoms with Gasteiger partial charge in [0.25, 0.3) is 0 Å². The zero-order valence-corrected chi connectivity index (χ0v) is 9.91. The van der Waals surface area contributed by atoms with Crippen LogP contribution < -0.4 is 0 Å². The normalized spacial score (nSPS) is 30.4. The summed E-state index contributed by atoms with van der Waals surface area (Å²) in [7, 11) is 1.31. The van der Waals surface area contributed by atoms with Gasteiger partial charge in [0.05, 0.1) is 7.11 Å². The Morgan fingerprint density at radius 2 is 2.27 bits per heavy atom. The number of carbonyl (C=O) groups excluding carboxylic acids is 2. The first-order valence-electron chi connectivity index (χ1n) is 4.78. The number of carbonyl (C=O) groups is 2. The molecule has 0 aromatic rings. The molecule has 3 nitrogen and oxygen atoms in total. The molecule has 5 heteroatoms. The predicted octanol–water partition coefficient (Wildman–Crippen LogP) is 2.24. The molecule has 1 unspecified atom stereocenters. The lowest BCUT2D eigenvalue weighted by Crippen LogP contribution is -2.28. The quantitative estimate of drug-likeness (QED) is 0.526. The van der Waals surface area contributed by atoms with Crippen LogP contribution in [0.4, 0.5) is 0 Å². The van der Waals surface area contributed by atoms with E-state index in [0.717, 1.165) is 23.3 Å². The second-order valence-corrected chi connectivity index (χ2v) is 5.94. The van der Waals surface area contributed by atoms with Crippen molar-refractivity contribution in [1.82, 2.24) is 0 Å². The Morgan fingerprint density at radius 3 is 2.87 bits per heavy atom. The van der Waals surface area contributed by atoms with Crippen LogP contribution in [-0.4, -0.2) is 23.1 Å². The standard InChI is InChI=1S/C10H11ClO3S/c1-14-9(13)10(11)5-6-7(12)3-2-4-8(6)15-10/h2-5H2,1H3. The van der Waals surface area contributed by atoms with E-state index in [-0.39, 0.29) is 5.78 Å². The van der Waals surface area contributed by atoms with Gasteiger partial charge in [-0.15, -0.1) is 0 Å². The molecule has 82 valence electrons. The van der Waals surface area contributed by atoms with Crippen molar-refractivity contribution in [3.8, 4) is 0 Å². The molecule has 1 heterocycles. The van der Waals surface area contributed by atoms with Gasteiger partial charge in [0.2, 0.25) is 0 Å². The lowest BCUT2D eigenvalue weighted by molar-refractivity contribution is -0.141. The topological polar surface area (TPSA) is 43.4 Å². The van der Waals surface area contributed by atoms with Crippen LogP contribution >= 0.6 is 23.4 Å². The van der Waals surface area contributed by atoms with Crippen molar-refractivity contribution in [2.75, 3.05) is 7.11 Å². The van der Waals surface area contributed by atoms with Gasteiger partial charge in [0, 0.05) is 18.4 Å². The van der Waals surface area contributed by atoms with Crippen molar-refractivity contribution in [2.45, 2.75) is 29.9 Å². The molecular formula is C10H11ClO3S. The third-order valence-corrected chi connectivity index (χ3v) is 4.51. The molecule has 0 N–H and O–H groups in total. The number of halogens is 1. The number of esters is 1. The minimum absolute atomic E-state index is 0.134. The second-order valence-electron chi connectivity index (χ2n) is 3.68. The molecule has 2 rings (SSSR count). The van der Waals surface area contributed by atoms with Crippen LogP contribution in [0.1, 0.15) is 25.7 Å². The van der Waals surface area contributed by atoms with E-state index in [1.54, 1.807) is 0 Å². The lowest BCUT2D eigenvalue weighted by atomic mass is 9.94. The number of ether oxygens (including phenoxy) is 1. The van der Waals surface area contributed by atoms with Gasteiger partial charge in [-0.25, -0.2) is 4.79 Å². The Balaban J connectivity index is 2.22. The molecule has 0 fully saturated rings. The first kappa shape index (κ1) is 11.0. The summed E-state index contributed by atoms with van der Waals surface area (Å²) < 4.78 is 3.55. The van der Waals surface area contributed by atoms with E-state index >= 15 is 0 Å². The highest BCUT2D eigenvalue weighted by molar-refractivity contribution is 8.06. The maximum atomic E-state index is 11.6. The summed E-state index contributed by atoms with van der Waals surface area (Å²) in [6.45, 7) is 0. The Kier molecular flexibility index (Phi) is 2.81. The molecule has 0 saturated carbocycles. The van der Waals surface area contributed by atoms with Gasteiger partial charge < -0.3 is 4.74 Å². The molecular weight excluding hydrogens is 236 g/mol. The van der Waals surface area contributed by atoms with Crippen LogP contribution in [-0.2, 0) is 14.3 Å². The number of Topliss-reactive ketones (excluding diaryl/α,β-unsaturated/α-hetero) is 1. The summed E-state index contributed by atoms with van der Waals surface area (Å²) in [5.74, 6) is -0.327. The van der Waals surface area contributed by atoms with E-state index in [4.69, 9.17) is 11.6 Å². The molecule has 0 bridgehead atoms. The Morgan fingerprint density at radius 1 is 1.53 bits per heavy atom. The van der Waals surface area contributed by atoms with Gasteiger partial charge >= 0.3 is 5.97 Å². The Hall–Kier alpha value is -0.480. The molecule has 1 aliphatic carbocycles. The fourth-order valence-electron chi connectivity index (χ4n) is 1.90. The highest BCUT2D eigenvalue weighted by Crippen LogP contribution is 2.53. The zero-order chi connectivity index (χ0) is 11.1. The smallest absolute Gasteiger partial charge is 0.338 e. The van der Waals surface area contributed by atoms with Gasteiger partial charge in [-0.1, -0.05) is 23.4 Å². The van der Waals surface area contributed by atoms with Gasteiger partial charge in [0.15, 0.2) is 9.99 Å². The van der Waals surface area contributed by atoms with Crippen LogP contribution in [0.25, 0.3) is 0 Å². The number of ketones is 1. The van der Waals surface area contributed by atoms with Crippen LogP contribution in [0.15, 0.2) is 10.5 Å². The molecule has 0 aromatic heterocycles. The fraction of sp³-hybridized carbons (Fsp3) is 0.600. The minimum Gasteiger partial charge on any atom is -0.467 e. The third-order valence-electron chi connectivity index (χ3n) is 2.66. The largest absolute Gasteiger partial charge is 0.467 e. The van der Waals surface area contributed by atoms with Crippen molar-refractivity contribution in [3.63, 3.8) is 0 Å². The van der Waals surface area contributed by atoms with Gasteiger partial charge in [-0.05, 0) is 17.7 Å². The van der Waals surface area contributed by atoms with E-state index in [9.17, 15) is 9.59 Å². The molecule has 2 aliphatic rings. The third kappa shape index (κ3) is 1.81. The number of thioether (sulfide) groups is 1. The summed E-state index contributed by atoms with van der Waals surface area (Å²) in [4.78, 5) is 24.0. The van der Waals surface area contributed by atoms with Crippen molar-refractivity contribution in [1.29, 1.82) is 0 Å². The van der Waals surface area contributed by atoms with Crippen LogP contribution in [0.5, 0.6) is 0 Å². The van der Waals surface area contributed by atoms with Crippen molar-refractivity contribution >= 4 is 35.1 Å². The highest BCUT2D eigenvalue weighted by Gasteiger charge is 2.47. The monoisotopic (exact) mass is 246 g/mol. The summed E-state index contributed by atoms with van der Waals surface area (Å²) in [6.07, 6.45) is 2.60. The average Bonchev–Trinajstić information content (AvgIpc) is 2.57. The molecule has 0 radical (unpaired) electrons. The van der Waals surface area contributed by atoms with Gasteiger partial charge in [-0.3, -0.25) is 4.79 Å². The van der Waals surface area contributed by atoms with Crippen LogP contribution in [0.2, 0.25) is 0 Å². The molecule has 0 aromatic carbocycles. The number of hydrogen-bond acceptors (Lipinski definition) is 4. The zero-order valence-electron chi connectivity index (χ0n) is 8.34. The second kappa shape index (κ2) is 3.83. The van der Waals surface area contributed by atoms with Crippen LogP contribution in [0.3, 0.4) is 0 Å². The van der Waals surface area contributed by atoms with E-state index in [1.165, 1.54) is 18.9 Å². The maximum absolute atomic E-state index is 11.6. The average molecular weight is 247 g/mol. The molecule has 0 spiro atoms. The molecule has 1 atom stereocenters. The molecule has 0 amide bonds. The molecule has 0 saturated heterocycles. The van der Waals surface area contributed by atoms with Crippen molar-refractivity contribution in [3.05, 3.63) is 10.5 Å². The van der Waals surface area contributed by atoms with Gasteiger partial charge in [0.1, 0.15) is 0 Å². The van der Waals surface area contributed by atoms with Crippen molar-refractivity contribution < 1.29 is 14.3 Å². The number of allylic oxidation sites excluding steroid dienone is 2. The summed E-state index contributed by atoms with van der Waals surface area (Å²) in [5.41, 5.74) is 0.742. The lowest BCUT2D eigenvalue weighted by Gasteiger charge is -2.16. The first-order valence-corrected chi connectivity index (χ1v) is 5.98. The van der Waals surface area contributed by atoms with E-state index < -0.39 is 10.2 Å². The van der Waals surface area contributed by atoms with E-state index in [0.29, 0.717) is 12.8 Å². The number of rotatable bonds is 1. The summed E-state index contributed by atoms with van der Waals surface area (Å²) in [6, 6.07) is 0. The SMILES string of the molecule is COC(=O)C1(Cl)CC2=C(CCCC2=O)S1. The first-order chi connectivity index (χ1) is 7.07. The van der Waals surface area contributed by atoms with Crippen LogP contribution in [0, 0.1) is 0 Å². The number of hydrogen-bond donors (Lipinski definition) is 0. The number of methoxy groups -OCH3 is 1. The Labute approximate surface area is 97.2 Å². The maximum Gasteiger partial charge on any atom is 0.338 e. The fourth-order valence-corrected chi connectivity index (χ4v) is 3.72. The minimum atomic E-state index is -1.10. The molecule has 15 heavy (non-hydrogen) atoms. The summed E-state index contributed by atoms with van der Waals surface area (Å²) in [5, 5.41) is 0. The predicted molar refractivity (Wildman–Crippen MR) is 58.7 cm³/mol. The van der Waals surface area contributed by atoms with E-state index in [1.807, 2.05) is 0 Å². The molecule has 1 aliphatic heterocycles.